The summed E-state index contributed by atoms with van der Waals surface area (Å²) in [4.78, 5) is 25.5. The monoisotopic (exact) mass is 284 g/mol. The van der Waals surface area contributed by atoms with Crippen LogP contribution >= 0.6 is 0 Å². The van der Waals surface area contributed by atoms with E-state index in [0.29, 0.717) is 31.8 Å². The number of carboxylic acids is 1. The van der Waals surface area contributed by atoms with Gasteiger partial charge in [-0.25, -0.2) is 9.59 Å². The highest BCUT2D eigenvalue weighted by molar-refractivity contribution is 5.87. The number of rotatable bonds is 7. The smallest absolute Gasteiger partial charge is 0.329 e. The van der Waals surface area contributed by atoms with Gasteiger partial charge in [0, 0.05) is 13.1 Å². The van der Waals surface area contributed by atoms with E-state index < -0.39 is 11.5 Å². The third-order valence-corrected chi connectivity index (χ3v) is 4.49. The van der Waals surface area contributed by atoms with Crippen molar-refractivity contribution in [3.8, 4) is 0 Å². The summed E-state index contributed by atoms with van der Waals surface area (Å²) in [6.07, 6.45) is 4.67. The van der Waals surface area contributed by atoms with Crippen molar-refractivity contribution >= 4 is 12.0 Å². The summed E-state index contributed by atoms with van der Waals surface area (Å²) in [5.41, 5.74) is -0.993. The second-order valence-corrected chi connectivity index (χ2v) is 5.71. The maximum Gasteiger partial charge on any atom is 0.329 e. The van der Waals surface area contributed by atoms with Crippen LogP contribution in [0.25, 0.3) is 0 Å². The third-order valence-electron chi connectivity index (χ3n) is 4.49. The van der Waals surface area contributed by atoms with E-state index in [1.54, 1.807) is 4.90 Å². The highest BCUT2D eigenvalue weighted by Gasteiger charge is 2.49. The number of amides is 2. The lowest BCUT2D eigenvalue weighted by atomic mass is 9.91. The van der Waals surface area contributed by atoms with Crippen LogP contribution in [-0.2, 0) is 4.79 Å². The van der Waals surface area contributed by atoms with E-state index in [2.05, 4.69) is 19.2 Å². The zero-order valence-corrected chi connectivity index (χ0v) is 12.9. The molecule has 116 valence electrons. The summed E-state index contributed by atoms with van der Waals surface area (Å²) in [5.74, 6) is -0.401. The molecule has 5 heteroatoms. The van der Waals surface area contributed by atoms with Crippen LogP contribution in [0.15, 0.2) is 0 Å². The van der Waals surface area contributed by atoms with Gasteiger partial charge in [-0.1, -0.05) is 40.0 Å². The van der Waals surface area contributed by atoms with Gasteiger partial charge in [-0.05, 0) is 25.2 Å². The van der Waals surface area contributed by atoms with Gasteiger partial charge in [-0.3, -0.25) is 0 Å². The van der Waals surface area contributed by atoms with Gasteiger partial charge >= 0.3 is 12.0 Å². The molecule has 1 aliphatic heterocycles. The van der Waals surface area contributed by atoms with Gasteiger partial charge in [-0.15, -0.1) is 0 Å². The lowest BCUT2D eigenvalue weighted by molar-refractivity contribution is -0.148. The van der Waals surface area contributed by atoms with E-state index in [9.17, 15) is 14.7 Å². The van der Waals surface area contributed by atoms with Gasteiger partial charge in [0.1, 0.15) is 5.54 Å². The second-order valence-electron chi connectivity index (χ2n) is 5.71. The quantitative estimate of drug-likeness (QED) is 0.755. The van der Waals surface area contributed by atoms with E-state index in [1.807, 2.05) is 6.92 Å². The molecular weight excluding hydrogens is 256 g/mol. The molecule has 0 aromatic rings. The van der Waals surface area contributed by atoms with Crippen molar-refractivity contribution < 1.29 is 14.7 Å². The highest BCUT2D eigenvalue weighted by atomic mass is 16.4. The van der Waals surface area contributed by atoms with Crippen molar-refractivity contribution in [2.24, 2.45) is 5.92 Å². The largest absolute Gasteiger partial charge is 0.479 e. The zero-order chi connectivity index (χ0) is 15.2. The molecule has 20 heavy (non-hydrogen) atoms. The molecule has 1 atom stereocenters. The number of aliphatic carboxylic acids is 1. The van der Waals surface area contributed by atoms with E-state index in [4.69, 9.17) is 0 Å². The maximum absolute atomic E-state index is 12.3. The van der Waals surface area contributed by atoms with Crippen molar-refractivity contribution in [2.45, 2.75) is 64.8 Å². The fourth-order valence-electron chi connectivity index (χ4n) is 3.08. The number of carboxylic acid groups (broad SMARTS) is 1. The van der Waals surface area contributed by atoms with E-state index in [0.717, 1.165) is 25.7 Å². The number of urea groups is 1. The molecule has 0 radical (unpaired) electrons. The number of carbonyl (C=O) groups is 2. The van der Waals surface area contributed by atoms with Crippen molar-refractivity contribution in [1.29, 1.82) is 0 Å². The molecule has 1 rings (SSSR count). The molecule has 1 unspecified atom stereocenters. The Morgan fingerprint density at radius 3 is 2.45 bits per heavy atom. The lowest BCUT2D eigenvalue weighted by Crippen LogP contribution is -2.56. The van der Waals surface area contributed by atoms with Crippen molar-refractivity contribution in [2.75, 3.05) is 13.1 Å². The third kappa shape index (κ3) is 3.44. The first-order chi connectivity index (χ1) is 9.51. The predicted molar refractivity (Wildman–Crippen MR) is 78.7 cm³/mol. The fraction of sp³-hybridized carbons (Fsp3) is 0.867. The average Bonchev–Trinajstić information content (AvgIpc) is 2.85. The van der Waals surface area contributed by atoms with Crippen LogP contribution in [0.4, 0.5) is 4.79 Å². The minimum absolute atomic E-state index is 0.217. The number of hydrogen-bond acceptors (Lipinski definition) is 2. The molecule has 5 nitrogen and oxygen atoms in total. The normalized spacial score (nSPS) is 22.3. The predicted octanol–water partition coefficient (Wildman–Crippen LogP) is 2.85. The molecule has 1 saturated heterocycles. The SMILES string of the molecule is CCCC1(C(=O)O)CCCN1C(=O)NCC(CC)CC. The van der Waals surface area contributed by atoms with E-state index in [1.165, 1.54) is 0 Å². The fourth-order valence-corrected chi connectivity index (χ4v) is 3.08. The Balaban J connectivity index is 2.72. The summed E-state index contributed by atoms with van der Waals surface area (Å²) in [6.45, 7) is 7.35. The molecule has 0 spiro atoms. The molecule has 0 aromatic heterocycles. The number of hydrogen-bond donors (Lipinski definition) is 2. The Bertz CT molecular complexity index is 342. The molecule has 1 aliphatic rings. The van der Waals surface area contributed by atoms with Gasteiger partial charge in [0.25, 0.3) is 0 Å². The molecular formula is C15H28N2O3. The van der Waals surface area contributed by atoms with Gasteiger partial charge in [0.05, 0.1) is 0 Å². The Morgan fingerprint density at radius 1 is 1.30 bits per heavy atom. The first kappa shape index (κ1) is 16.8. The topological polar surface area (TPSA) is 69.6 Å². The van der Waals surface area contributed by atoms with Crippen LogP contribution in [0.1, 0.15) is 59.3 Å². The summed E-state index contributed by atoms with van der Waals surface area (Å²) in [6, 6.07) is -0.217. The Kier molecular flexibility index (Phi) is 6.30. The van der Waals surface area contributed by atoms with Crippen LogP contribution in [0.5, 0.6) is 0 Å². The van der Waals surface area contributed by atoms with Gasteiger partial charge in [0.2, 0.25) is 0 Å². The molecule has 0 aromatic carbocycles. The first-order valence-corrected chi connectivity index (χ1v) is 7.80. The maximum atomic E-state index is 12.3. The lowest BCUT2D eigenvalue weighted by Gasteiger charge is -2.35. The standard InChI is InChI=1S/C15H28N2O3/c1-4-8-15(13(18)19)9-7-10-17(15)14(20)16-11-12(5-2)6-3/h12H,4-11H2,1-3H3,(H,16,20)(H,18,19). The van der Waals surface area contributed by atoms with Crippen molar-refractivity contribution in [1.82, 2.24) is 10.2 Å². The number of nitrogens with zero attached hydrogens (tertiary/aromatic N) is 1. The Hall–Kier alpha value is -1.26. The molecule has 2 N–H and O–H groups in total. The number of nitrogens with one attached hydrogen (secondary N) is 1. The molecule has 1 heterocycles. The Labute approximate surface area is 121 Å². The van der Waals surface area contributed by atoms with Gasteiger partial charge in [0.15, 0.2) is 0 Å². The number of likely N-dealkylation sites (tertiary alicyclic amines) is 1. The van der Waals surface area contributed by atoms with Crippen LogP contribution in [0.2, 0.25) is 0 Å². The highest BCUT2D eigenvalue weighted by Crippen LogP contribution is 2.34. The van der Waals surface area contributed by atoms with Crippen molar-refractivity contribution in [3.05, 3.63) is 0 Å². The summed E-state index contributed by atoms with van der Waals surface area (Å²) < 4.78 is 0. The first-order valence-electron chi connectivity index (χ1n) is 7.80. The van der Waals surface area contributed by atoms with E-state index in [-0.39, 0.29) is 6.03 Å². The summed E-state index contributed by atoms with van der Waals surface area (Å²) in [7, 11) is 0. The minimum atomic E-state index is -0.993. The molecule has 0 saturated carbocycles. The molecule has 1 fully saturated rings. The Morgan fingerprint density at radius 2 is 1.95 bits per heavy atom. The van der Waals surface area contributed by atoms with Gasteiger partial charge < -0.3 is 15.3 Å². The van der Waals surface area contributed by atoms with Crippen LogP contribution < -0.4 is 5.32 Å². The average molecular weight is 284 g/mol. The summed E-state index contributed by atoms with van der Waals surface area (Å²) in [5, 5.41) is 12.5. The van der Waals surface area contributed by atoms with Crippen LogP contribution in [-0.4, -0.2) is 40.6 Å². The molecule has 0 bridgehead atoms. The molecule has 0 aliphatic carbocycles. The van der Waals surface area contributed by atoms with Gasteiger partial charge in [-0.2, -0.15) is 0 Å². The zero-order valence-electron chi connectivity index (χ0n) is 12.9. The van der Waals surface area contributed by atoms with Crippen LogP contribution in [0.3, 0.4) is 0 Å². The minimum Gasteiger partial charge on any atom is -0.479 e. The van der Waals surface area contributed by atoms with Crippen LogP contribution in [0, 0.1) is 5.92 Å². The summed E-state index contributed by atoms with van der Waals surface area (Å²) >= 11 is 0. The number of carbonyl (C=O) groups excluding carboxylic acids is 1. The molecule has 2 amide bonds. The van der Waals surface area contributed by atoms with E-state index >= 15 is 0 Å². The second kappa shape index (κ2) is 7.50. The van der Waals surface area contributed by atoms with Crippen molar-refractivity contribution in [3.63, 3.8) is 0 Å².